The quantitative estimate of drug-likeness (QED) is 0.172. The van der Waals surface area contributed by atoms with Gasteiger partial charge in [-0.3, -0.25) is 0 Å². The monoisotopic (exact) mass is 958 g/mol. The van der Waals surface area contributed by atoms with Crippen LogP contribution in [-0.4, -0.2) is 19.5 Å². The Labute approximate surface area is 416 Å². The topological polar surface area (TPSA) is 56.7 Å². The summed E-state index contributed by atoms with van der Waals surface area (Å²) >= 11 is 5.45. The fraction of sp³-hybridized carbons (Fsp3) is 0. The Kier molecular flexibility index (Phi) is 8.30. The number of hydrogen-bond acceptors (Lipinski definition) is 7. The van der Waals surface area contributed by atoms with Gasteiger partial charge in [0.1, 0.15) is 11.2 Å². The van der Waals surface area contributed by atoms with Crippen LogP contribution in [0.2, 0.25) is 0 Å². The van der Waals surface area contributed by atoms with Crippen LogP contribution in [0.5, 0.6) is 0 Å². The predicted molar refractivity (Wildman–Crippen MR) is 302 cm³/mol. The number of benzene rings is 10. The van der Waals surface area contributed by atoms with Gasteiger partial charge in [0.05, 0.1) is 16.7 Å². The van der Waals surface area contributed by atoms with Crippen LogP contribution in [-0.2, 0) is 0 Å². The van der Waals surface area contributed by atoms with Crippen LogP contribution >= 0.6 is 34.0 Å². The highest BCUT2D eigenvalue weighted by atomic mass is 32.1. The number of furan rings is 1. The zero-order valence-corrected chi connectivity index (χ0v) is 40.0. The van der Waals surface area contributed by atoms with Crippen LogP contribution < -0.4 is 0 Å². The Morgan fingerprint density at radius 3 is 1.49 bits per heavy atom. The lowest BCUT2D eigenvalue weighted by molar-refractivity contribution is 0.669. The van der Waals surface area contributed by atoms with Crippen LogP contribution in [0, 0.1) is 0 Å². The fourth-order valence-electron chi connectivity index (χ4n) is 11.1. The van der Waals surface area contributed by atoms with Crippen molar-refractivity contribution in [2.45, 2.75) is 0 Å². The average Bonchev–Trinajstić information content (AvgIpc) is 4.25. The maximum atomic E-state index is 6.71. The average molecular weight is 959 g/mol. The molecule has 6 aromatic heterocycles. The maximum absolute atomic E-state index is 6.71. The molecule has 16 rings (SSSR count). The summed E-state index contributed by atoms with van der Waals surface area (Å²) in [5.74, 6) is 1.85. The molecule has 0 bridgehead atoms. The Morgan fingerprint density at radius 2 is 0.817 bits per heavy atom. The van der Waals surface area contributed by atoms with Gasteiger partial charge in [-0.2, -0.15) is 0 Å². The summed E-state index contributed by atoms with van der Waals surface area (Å²) in [6.45, 7) is 0. The van der Waals surface area contributed by atoms with Gasteiger partial charge in [-0.1, -0.05) is 133 Å². The molecule has 0 aliphatic heterocycles. The van der Waals surface area contributed by atoms with E-state index in [4.69, 9.17) is 19.4 Å². The van der Waals surface area contributed by atoms with Crippen molar-refractivity contribution < 1.29 is 4.42 Å². The van der Waals surface area contributed by atoms with Crippen molar-refractivity contribution >= 4 is 138 Å². The van der Waals surface area contributed by atoms with Crippen molar-refractivity contribution in [2.75, 3.05) is 0 Å². The Morgan fingerprint density at radius 1 is 0.310 bits per heavy atom. The molecule has 0 atom stereocenters. The summed E-state index contributed by atoms with van der Waals surface area (Å²) in [7, 11) is 0. The summed E-state index contributed by atoms with van der Waals surface area (Å²) in [6, 6.07) is 74.3. The Bertz CT molecular complexity index is 4730. The van der Waals surface area contributed by atoms with Crippen LogP contribution in [0.15, 0.2) is 211 Å². The van der Waals surface area contributed by atoms with E-state index in [0.717, 1.165) is 44.2 Å². The molecule has 0 aliphatic carbocycles. The number of fused-ring (bicyclic) bond motifs is 15. The molecule has 71 heavy (non-hydrogen) atoms. The standard InChI is InChI=1S/C63H34N4OS3/c1-5-18-47-39(12-1)40-13-2-6-19-48(40)67(47)49-20-11-25-55-60(49)59-38(16-10-24-54(59)71-55)35-28-31-50-46(32-35)58-45(17-9-21-51(58)68-50)63-65-61(36-26-29-43-41-14-3-7-22-52(41)69-56(43)33-36)64-62(66-63)37-27-30-44-42-15-4-8-23-53(42)70-57(44)34-37/h1-34H. The summed E-state index contributed by atoms with van der Waals surface area (Å²) in [4.78, 5) is 16.0. The number of rotatable bonds is 5. The third kappa shape index (κ3) is 5.87. The van der Waals surface area contributed by atoms with Crippen molar-refractivity contribution in [2.24, 2.45) is 0 Å². The molecule has 10 aromatic carbocycles. The number of thiophene rings is 3. The number of nitrogens with zero attached hydrogens (tertiary/aromatic N) is 4. The minimum absolute atomic E-state index is 0.596. The summed E-state index contributed by atoms with van der Waals surface area (Å²) in [6.07, 6.45) is 0. The second kappa shape index (κ2) is 15.0. The van der Waals surface area contributed by atoms with Gasteiger partial charge in [0, 0.05) is 98.8 Å². The second-order valence-corrected chi connectivity index (χ2v) is 21.5. The largest absolute Gasteiger partial charge is 0.456 e. The normalized spacial score (nSPS) is 12.2. The predicted octanol–water partition coefficient (Wildman–Crippen LogP) is 18.6. The molecule has 0 amide bonds. The van der Waals surface area contributed by atoms with E-state index in [1.165, 1.54) is 93.6 Å². The lowest BCUT2D eigenvalue weighted by atomic mass is 9.96. The van der Waals surface area contributed by atoms with E-state index in [9.17, 15) is 0 Å². The van der Waals surface area contributed by atoms with Crippen LogP contribution in [0.1, 0.15) is 0 Å². The van der Waals surface area contributed by atoms with Crippen LogP contribution in [0.4, 0.5) is 0 Å². The number of aromatic nitrogens is 4. The molecule has 0 saturated heterocycles. The van der Waals surface area contributed by atoms with Gasteiger partial charge in [0.2, 0.25) is 0 Å². The highest BCUT2D eigenvalue weighted by Gasteiger charge is 2.22. The van der Waals surface area contributed by atoms with E-state index in [1.54, 1.807) is 22.7 Å². The minimum atomic E-state index is 0.596. The maximum Gasteiger partial charge on any atom is 0.164 e. The summed E-state index contributed by atoms with van der Waals surface area (Å²) < 4.78 is 16.6. The SMILES string of the molecule is c1cc(-c2nc(-c3ccc4c(c3)sc3ccccc34)nc(-c3ccc4c(c3)sc3ccccc34)n2)c2c(c1)oc1ccc(-c3cccc4sc5cccc(-n6c7ccccc7c7ccccc76)c5c34)cc12. The van der Waals surface area contributed by atoms with Gasteiger partial charge < -0.3 is 8.98 Å². The molecule has 0 N–H and O–H groups in total. The van der Waals surface area contributed by atoms with Gasteiger partial charge >= 0.3 is 0 Å². The van der Waals surface area contributed by atoms with Crippen LogP contribution in [0.25, 0.3) is 155 Å². The van der Waals surface area contributed by atoms with Crippen molar-refractivity contribution in [1.29, 1.82) is 0 Å². The fourth-order valence-corrected chi connectivity index (χ4v) is 14.6. The van der Waals surface area contributed by atoms with Gasteiger partial charge in [-0.15, -0.1) is 34.0 Å². The first-order valence-corrected chi connectivity index (χ1v) is 26.1. The first-order chi connectivity index (χ1) is 35.2. The number of para-hydroxylation sites is 2. The van der Waals surface area contributed by atoms with E-state index < -0.39 is 0 Å². The Hall–Kier alpha value is -8.53. The first-order valence-electron chi connectivity index (χ1n) is 23.7. The smallest absolute Gasteiger partial charge is 0.164 e. The molecule has 0 radical (unpaired) electrons. The molecular weight excluding hydrogens is 925 g/mol. The third-order valence-corrected chi connectivity index (χ3v) is 17.7. The van der Waals surface area contributed by atoms with Crippen molar-refractivity contribution in [3.8, 4) is 51.0 Å². The summed E-state index contributed by atoms with van der Waals surface area (Å²) in [5.41, 5.74) is 10.2. The van der Waals surface area contributed by atoms with E-state index in [1.807, 2.05) is 17.4 Å². The molecule has 0 fully saturated rings. The molecule has 6 heterocycles. The molecule has 0 spiro atoms. The Balaban J connectivity index is 0.907. The molecule has 330 valence electrons. The van der Waals surface area contributed by atoms with Crippen molar-refractivity contribution in [3.63, 3.8) is 0 Å². The third-order valence-electron chi connectivity index (χ3n) is 14.3. The number of hydrogen-bond donors (Lipinski definition) is 0. The second-order valence-electron chi connectivity index (χ2n) is 18.2. The van der Waals surface area contributed by atoms with E-state index >= 15 is 0 Å². The zero-order valence-electron chi connectivity index (χ0n) is 37.6. The molecule has 0 saturated carbocycles. The van der Waals surface area contributed by atoms with Gasteiger partial charge in [-0.25, -0.2) is 15.0 Å². The van der Waals surface area contributed by atoms with E-state index in [2.05, 4.69) is 205 Å². The van der Waals surface area contributed by atoms with Crippen molar-refractivity contribution in [3.05, 3.63) is 206 Å². The molecule has 8 heteroatoms. The van der Waals surface area contributed by atoms with E-state index in [0.29, 0.717) is 17.5 Å². The van der Waals surface area contributed by atoms with Gasteiger partial charge in [0.15, 0.2) is 17.5 Å². The molecule has 16 aromatic rings. The van der Waals surface area contributed by atoms with Crippen molar-refractivity contribution in [1.82, 2.24) is 19.5 Å². The summed E-state index contributed by atoms with van der Waals surface area (Å²) in [5, 5.41) is 12.0. The molecular formula is C63H34N4OS3. The van der Waals surface area contributed by atoms with Gasteiger partial charge in [0.25, 0.3) is 0 Å². The molecule has 5 nitrogen and oxygen atoms in total. The first kappa shape index (κ1) is 39.3. The highest BCUT2D eigenvalue weighted by molar-refractivity contribution is 7.26. The lowest BCUT2D eigenvalue weighted by Gasteiger charge is -2.12. The van der Waals surface area contributed by atoms with Gasteiger partial charge in [-0.05, 0) is 83.9 Å². The minimum Gasteiger partial charge on any atom is -0.456 e. The molecule has 0 aliphatic rings. The highest BCUT2D eigenvalue weighted by Crippen LogP contribution is 2.47. The lowest BCUT2D eigenvalue weighted by Crippen LogP contribution is -2.00. The van der Waals surface area contributed by atoms with Crippen LogP contribution in [0.3, 0.4) is 0 Å². The van der Waals surface area contributed by atoms with E-state index in [-0.39, 0.29) is 0 Å². The molecule has 0 unspecified atom stereocenters. The zero-order chi connectivity index (χ0) is 46.3.